The van der Waals surface area contributed by atoms with Crippen molar-refractivity contribution < 1.29 is 9.90 Å². The Bertz CT molecular complexity index is 334. The Kier molecular flexibility index (Phi) is 4.81. The van der Waals surface area contributed by atoms with Crippen LogP contribution in [0, 0.1) is 35.0 Å². The summed E-state index contributed by atoms with van der Waals surface area (Å²) in [4.78, 5) is 11.6. The van der Waals surface area contributed by atoms with E-state index in [2.05, 4.69) is 27.7 Å². The molecular formula is C18H32O2. The smallest absolute Gasteiger partial charge is 0.306 e. The van der Waals surface area contributed by atoms with E-state index in [1.165, 1.54) is 25.7 Å². The van der Waals surface area contributed by atoms with Gasteiger partial charge in [0.1, 0.15) is 0 Å². The summed E-state index contributed by atoms with van der Waals surface area (Å²) in [7, 11) is 0. The van der Waals surface area contributed by atoms with Crippen molar-refractivity contribution in [3.8, 4) is 0 Å². The van der Waals surface area contributed by atoms with Crippen LogP contribution < -0.4 is 0 Å². The van der Waals surface area contributed by atoms with E-state index >= 15 is 0 Å². The Labute approximate surface area is 124 Å². The topological polar surface area (TPSA) is 37.3 Å². The van der Waals surface area contributed by atoms with Gasteiger partial charge in [-0.1, -0.05) is 40.5 Å². The van der Waals surface area contributed by atoms with E-state index in [9.17, 15) is 9.90 Å². The maximum absolute atomic E-state index is 11.6. The zero-order chi connectivity index (χ0) is 14.9. The number of carboxylic acid groups (broad SMARTS) is 1. The van der Waals surface area contributed by atoms with Crippen molar-refractivity contribution in [3.05, 3.63) is 0 Å². The van der Waals surface area contributed by atoms with E-state index in [1.807, 2.05) is 0 Å². The van der Waals surface area contributed by atoms with Gasteiger partial charge in [-0.3, -0.25) is 4.79 Å². The first-order chi connectivity index (χ1) is 9.29. The summed E-state index contributed by atoms with van der Waals surface area (Å²) in [6.07, 6.45) is 8.24. The number of aliphatic carboxylic acids is 1. The van der Waals surface area contributed by atoms with Crippen LogP contribution in [0.5, 0.6) is 0 Å². The molecule has 0 aromatic carbocycles. The Morgan fingerprint density at radius 2 is 1.60 bits per heavy atom. The molecule has 2 saturated carbocycles. The molecule has 0 radical (unpaired) electrons. The zero-order valence-electron chi connectivity index (χ0n) is 13.7. The van der Waals surface area contributed by atoms with Gasteiger partial charge in [0.15, 0.2) is 0 Å². The van der Waals surface area contributed by atoms with Crippen LogP contribution in [-0.2, 0) is 4.79 Å². The average molecular weight is 280 g/mol. The van der Waals surface area contributed by atoms with Gasteiger partial charge in [0.25, 0.3) is 0 Å². The highest BCUT2D eigenvalue weighted by Gasteiger charge is 2.42. The summed E-state index contributed by atoms with van der Waals surface area (Å²) in [6, 6.07) is 0. The third kappa shape index (κ3) is 3.56. The van der Waals surface area contributed by atoms with Gasteiger partial charge in [-0.25, -0.2) is 0 Å². The molecular weight excluding hydrogens is 248 g/mol. The van der Waals surface area contributed by atoms with Crippen LogP contribution in [0.3, 0.4) is 0 Å². The van der Waals surface area contributed by atoms with Crippen LogP contribution in [0.1, 0.15) is 72.6 Å². The summed E-state index contributed by atoms with van der Waals surface area (Å²) in [6.45, 7) is 9.29. The molecule has 3 atom stereocenters. The second-order valence-electron chi connectivity index (χ2n) is 8.50. The molecule has 116 valence electrons. The summed E-state index contributed by atoms with van der Waals surface area (Å²) < 4.78 is 0. The summed E-state index contributed by atoms with van der Waals surface area (Å²) in [5.41, 5.74) is 0.323. The molecule has 20 heavy (non-hydrogen) atoms. The third-order valence-electron chi connectivity index (χ3n) is 6.11. The van der Waals surface area contributed by atoms with Crippen LogP contribution in [0.2, 0.25) is 0 Å². The number of hydrogen-bond donors (Lipinski definition) is 1. The maximum atomic E-state index is 11.6. The molecule has 2 fully saturated rings. The summed E-state index contributed by atoms with van der Waals surface area (Å²) in [5, 5.41) is 9.58. The fourth-order valence-corrected chi connectivity index (χ4v) is 4.53. The highest BCUT2D eigenvalue weighted by Crippen LogP contribution is 2.48. The molecule has 0 amide bonds. The summed E-state index contributed by atoms with van der Waals surface area (Å²) in [5.74, 6) is 2.02. The number of carbonyl (C=O) groups is 1. The van der Waals surface area contributed by atoms with Crippen LogP contribution in [-0.4, -0.2) is 11.1 Å². The molecule has 0 bridgehead atoms. The average Bonchev–Trinajstić information content (AvgIpc) is 2.37. The normalized spacial score (nSPS) is 39.5. The van der Waals surface area contributed by atoms with E-state index < -0.39 is 5.97 Å². The first-order valence-corrected chi connectivity index (χ1v) is 8.52. The van der Waals surface area contributed by atoms with Crippen LogP contribution >= 0.6 is 0 Å². The second kappa shape index (κ2) is 6.07. The molecule has 0 saturated heterocycles. The van der Waals surface area contributed by atoms with Gasteiger partial charge in [-0.15, -0.1) is 0 Å². The van der Waals surface area contributed by atoms with Crippen LogP contribution in [0.25, 0.3) is 0 Å². The minimum Gasteiger partial charge on any atom is -0.481 e. The number of carboxylic acids is 1. The summed E-state index contributed by atoms with van der Waals surface area (Å²) >= 11 is 0. The molecule has 2 aliphatic rings. The molecule has 0 heterocycles. The first kappa shape index (κ1) is 15.9. The quantitative estimate of drug-likeness (QED) is 0.775. The second-order valence-corrected chi connectivity index (χ2v) is 8.50. The molecule has 2 rings (SSSR count). The minimum atomic E-state index is -0.541. The molecule has 0 spiro atoms. The monoisotopic (exact) mass is 280 g/mol. The predicted octanol–water partition coefficient (Wildman–Crippen LogP) is 4.98. The van der Waals surface area contributed by atoms with Gasteiger partial charge in [-0.2, -0.15) is 0 Å². The highest BCUT2D eigenvalue weighted by molar-refractivity contribution is 5.70. The van der Waals surface area contributed by atoms with Crippen LogP contribution in [0.4, 0.5) is 0 Å². The van der Waals surface area contributed by atoms with Crippen LogP contribution in [0.15, 0.2) is 0 Å². The zero-order valence-corrected chi connectivity index (χ0v) is 13.7. The van der Waals surface area contributed by atoms with Crippen molar-refractivity contribution in [1.82, 2.24) is 0 Å². The van der Waals surface area contributed by atoms with Gasteiger partial charge < -0.3 is 5.11 Å². The first-order valence-electron chi connectivity index (χ1n) is 8.52. The lowest BCUT2D eigenvalue weighted by Gasteiger charge is -2.45. The standard InChI is InChI=1S/C18H32O2/c1-12-5-7-13(8-6-12)16-11-14(18(2,3)4)9-10-15(16)17(19)20/h12-16H,5-11H2,1-4H3,(H,19,20). The van der Waals surface area contributed by atoms with E-state index in [0.717, 1.165) is 25.2 Å². The van der Waals surface area contributed by atoms with E-state index in [4.69, 9.17) is 0 Å². The maximum Gasteiger partial charge on any atom is 0.306 e. The number of rotatable bonds is 2. The SMILES string of the molecule is CC1CCC(C2CC(C(C)(C)C)CCC2C(=O)O)CC1. The molecule has 1 N–H and O–H groups in total. The van der Waals surface area contributed by atoms with Crippen molar-refractivity contribution in [3.63, 3.8) is 0 Å². The Morgan fingerprint density at radius 3 is 2.10 bits per heavy atom. The van der Waals surface area contributed by atoms with Gasteiger partial charge >= 0.3 is 5.97 Å². The van der Waals surface area contributed by atoms with Gasteiger partial charge in [0, 0.05) is 0 Å². The molecule has 2 nitrogen and oxygen atoms in total. The Hall–Kier alpha value is -0.530. The molecule has 0 aromatic rings. The molecule has 0 aromatic heterocycles. The van der Waals surface area contributed by atoms with Crippen molar-refractivity contribution in [2.24, 2.45) is 35.0 Å². The molecule has 0 aliphatic heterocycles. The molecule has 3 unspecified atom stereocenters. The largest absolute Gasteiger partial charge is 0.481 e. The van der Waals surface area contributed by atoms with E-state index in [1.54, 1.807) is 0 Å². The Morgan fingerprint density at radius 1 is 1.00 bits per heavy atom. The molecule has 2 aliphatic carbocycles. The fraction of sp³-hybridized carbons (Fsp3) is 0.944. The predicted molar refractivity (Wildman–Crippen MR) is 82.5 cm³/mol. The third-order valence-corrected chi connectivity index (χ3v) is 6.11. The van der Waals surface area contributed by atoms with Crippen molar-refractivity contribution in [1.29, 1.82) is 0 Å². The lowest BCUT2D eigenvalue weighted by atomic mass is 9.60. The fourth-order valence-electron chi connectivity index (χ4n) is 4.53. The van der Waals surface area contributed by atoms with E-state index in [-0.39, 0.29) is 5.92 Å². The molecule has 2 heteroatoms. The minimum absolute atomic E-state index is 0.0768. The van der Waals surface area contributed by atoms with Crippen molar-refractivity contribution in [2.45, 2.75) is 72.6 Å². The lowest BCUT2D eigenvalue weighted by molar-refractivity contribution is -0.147. The number of hydrogen-bond acceptors (Lipinski definition) is 1. The van der Waals surface area contributed by atoms with Crippen molar-refractivity contribution in [2.75, 3.05) is 0 Å². The highest BCUT2D eigenvalue weighted by atomic mass is 16.4. The van der Waals surface area contributed by atoms with Gasteiger partial charge in [-0.05, 0) is 61.2 Å². The van der Waals surface area contributed by atoms with Crippen molar-refractivity contribution >= 4 is 5.97 Å². The van der Waals surface area contributed by atoms with Gasteiger partial charge in [0.05, 0.1) is 5.92 Å². The van der Waals surface area contributed by atoms with Gasteiger partial charge in [0.2, 0.25) is 0 Å². The Balaban J connectivity index is 2.09. The lowest BCUT2D eigenvalue weighted by Crippen LogP contribution is -2.39. The van der Waals surface area contributed by atoms with E-state index in [0.29, 0.717) is 23.2 Å².